The van der Waals surface area contributed by atoms with Gasteiger partial charge in [0.2, 0.25) is 9.84 Å². The molecule has 19 heavy (non-hydrogen) atoms. The summed E-state index contributed by atoms with van der Waals surface area (Å²) in [5.41, 5.74) is 6.33. The molecule has 0 aliphatic rings. The number of nitrogen functional groups attached to an aromatic ring is 1. The van der Waals surface area contributed by atoms with Gasteiger partial charge in [-0.05, 0) is 19.1 Å². The number of aryl methyl sites for hydroxylation is 1. The van der Waals surface area contributed by atoms with Crippen molar-refractivity contribution in [2.45, 2.75) is 16.7 Å². The molecule has 0 atom stereocenters. The van der Waals surface area contributed by atoms with Gasteiger partial charge in [-0.1, -0.05) is 17.7 Å². The summed E-state index contributed by atoms with van der Waals surface area (Å²) in [5, 5.41) is 10.1. The SMILES string of the molecule is Cc1ccc(S(=O)(=O)c2csc(C(=O)O)c2N)cc1. The highest BCUT2D eigenvalue weighted by molar-refractivity contribution is 7.91. The first-order valence-corrected chi connectivity index (χ1v) is 7.62. The highest BCUT2D eigenvalue weighted by Gasteiger charge is 2.25. The van der Waals surface area contributed by atoms with Crippen molar-refractivity contribution < 1.29 is 18.3 Å². The third-order valence-corrected chi connectivity index (χ3v) is 5.55. The van der Waals surface area contributed by atoms with Crippen LogP contribution in [-0.4, -0.2) is 19.5 Å². The monoisotopic (exact) mass is 297 g/mol. The molecule has 0 saturated heterocycles. The molecular formula is C12H11NO4S2. The quantitative estimate of drug-likeness (QED) is 0.904. The van der Waals surface area contributed by atoms with Gasteiger partial charge < -0.3 is 10.8 Å². The fourth-order valence-electron chi connectivity index (χ4n) is 1.57. The van der Waals surface area contributed by atoms with Gasteiger partial charge in [0.1, 0.15) is 9.77 Å². The van der Waals surface area contributed by atoms with Crippen LogP contribution in [-0.2, 0) is 9.84 Å². The van der Waals surface area contributed by atoms with E-state index in [9.17, 15) is 13.2 Å². The Hall–Kier alpha value is -1.86. The van der Waals surface area contributed by atoms with E-state index in [2.05, 4.69) is 0 Å². The summed E-state index contributed by atoms with van der Waals surface area (Å²) in [5.74, 6) is -1.23. The first kappa shape index (κ1) is 13.6. The molecule has 0 unspecified atom stereocenters. The summed E-state index contributed by atoms with van der Waals surface area (Å²) in [6.45, 7) is 1.85. The second kappa shape index (κ2) is 4.67. The number of benzene rings is 1. The molecule has 1 heterocycles. The van der Waals surface area contributed by atoms with Gasteiger partial charge in [-0.2, -0.15) is 0 Å². The van der Waals surface area contributed by atoms with Crippen LogP contribution in [0.15, 0.2) is 39.4 Å². The average Bonchev–Trinajstić information content (AvgIpc) is 2.72. The highest BCUT2D eigenvalue weighted by Crippen LogP contribution is 2.33. The molecule has 0 radical (unpaired) electrons. The molecule has 5 nitrogen and oxygen atoms in total. The zero-order valence-electron chi connectivity index (χ0n) is 9.95. The summed E-state index contributed by atoms with van der Waals surface area (Å²) in [7, 11) is -3.78. The van der Waals surface area contributed by atoms with Gasteiger partial charge in [0, 0.05) is 5.38 Å². The summed E-state index contributed by atoms with van der Waals surface area (Å²) < 4.78 is 24.7. The summed E-state index contributed by atoms with van der Waals surface area (Å²) in [4.78, 5) is 10.7. The van der Waals surface area contributed by atoms with E-state index in [0.717, 1.165) is 16.9 Å². The Morgan fingerprint density at radius 1 is 1.26 bits per heavy atom. The van der Waals surface area contributed by atoms with Crippen LogP contribution in [0.4, 0.5) is 5.69 Å². The minimum absolute atomic E-state index is 0.0968. The Labute approximate surface area is 114 Å². The number of hydrogen-bond donors (Lipinski definition) is 2. The van der Waals surface area contributed by atoms with Gasteiger partial charge in [-0.15, -0.1) is 11.3 Å². The zero-order valence-corrected chi connectivity index (χ0v) is 11.6. The van der Waals surface area contributed by atoms with E-state index < -0.39 is 15.8 Å². The highest BCUT2D eigenvalue weighted by atomic mass is 32.2. The van der Waals surface area contributed by atoms with E-state index in [4.69, 9.17) is 10.8 Å². The molecule has 1 aromatic carbocycles. The Kier molecular flexibility index (Phi) is 3.34. The molecular weight excluding hydrogens is 286 g/mol. The fraction of sp³-hybridized carbons (Fsp3) is 0.0833. The van der Waals surface area contributed by atoms with Crippen LogP contribution in [0.2, 0.25) is 0 Å². The molecule has 2 aromatic rings. The van der Waals surface area contributed by atoms with Crippen LogP contribution in [0.1, 0.15) is 15.2 Å². The molecule has 3 N–H and O–H groups in total. The maximum absolute atomic E-state index is 12.3. The molecule has 0 saturated carbocycles. The number of sulfone groups is 1. The maximum Gasteiger partial charge on any atom is 0.348 e. The molecule has 7 heteroatoms. The third kappa shape index (κ3) is 2.34. The third-order valence-electron chi connectivity index (χ3n) is 2.61. The van der Waals surface area contributed by atoms with E-state index in [0.29, 0.717) is 0 Å². The summed E-state index contributed by atoms with van der Waals surface area (Å²) >= 11 is 0.805. The first-order chi connectivity index (χ1) is 8.84. The van der Waals surface area contributed by atoms with Gasteiger partial charge in [-0.25, -0.2) is 13.2 Å². The Balaban J connectivity index is 2.57. The average molecular weight is 297 g/mol. The zero-order chi connectivity index (χ0) is 14.2. The molecule has 2 rings (SSSR count). The lowest BCUT2D eigenvalue weighted by Gasteiger charge is -2.04. The number of thiophene rings is 1. The van der Waals surface area contributed by atoms with Crippen molar-refractivity contribution in [1.29, 1.82) is 0 Å². The van der Waals surface area contributed by atoms with Gasteiger partial charge in [0.15, 0.2) is 0 Å². The van der Waals surface area contributed by atoms with Crippen LogP contribution in [0, 0.1) is 6.92 Å². The first-order valence-electron chi connectivity index (χ1n) is 5.26. The number of carbonyl (C=O) groups is 1. The Morgan fingerprint density at radius 3 is 2.32 bits per heavy atom. The summed E-state index contributed by atoms with van der Waals surface area (Å²) in [6, 6.07) is 6.30. The number of carboxylic acids is 1. The van der Waals surface area contributed by atoms with Gasteiger partial charge >= 0.3 is 5.97 Å². The lowest BCUT2D eigenvalue weighted by atomic mass is 10.2. The largest absolute Gasteiger partial charge is 0.477 e. The Morgan fingerprint density at radius 2 is 1.84 bits per heavy atom. The van der Waals surface area contributed by atoms with Crippen LogP contribution in [0.3, 0.4) is 0 Å². The Bertz CT molecular complexity index is 730. The number of hydrogen-bond acceptors (Lipinski definition) is 5. The molecule has 0 fully saturated rings. The predicted octanol–water partition coefficient (Wildman–Crippen LogP) is 2.17. The van der Waals surface area contributed by atoms with Crippen LogP contribution in [0.25, 0.3) is 0 Å². The summed E-state index contributed by atoms with van der Waals surface area (Å²) in [6.07, 6.45) is 0. The molecule has 0 aliphatic carbocycles. The minimum Gasteiger partial charge on any atom is -0.477 e. The van der Waals surface area contributed by atoms with Crippen molar-refractivity contribution in [2.75, 3.05) is 5.73 Å². The van der Waals surface area contributed by atoms with Crippen LogP contribution >= 0.6 is 11.3 Å². The number of nitrogens with two attached hydrogens (primary N) is 1. The molecule has 0 bridgehead atoms. The molecule has 100 valence electrons. The van der Waals surface area contributed by atoms with Crippen molar-refractivity contribution in [3.05, 3.63) is 40.1 Å². The number of rotatable bonds is 3. The van der Waals surface area contributed by atoms with Gasteiger partial charge in [-0.3, -0.25) is 0 Å². The fourth-order valence-corrected chi connectivity index (χ4v) is 4.11. The molecule has 0 amide bonds. The lowest BCUT2D eigenvalue weighted by molar-refractivity contribution is 0.0703. The van der Waals surface area contributed by atoms with Gasteiger partial charge in [0.25, 0.3) is 0 Å². The predicted molar refractivity (Wildman–Crippen MR) is 72.3 cm³/mol. The molecule has 0 spiro atoms. The van der Waals surface area contributed by atoms with E-state index in [1.54, 1.807) is 12.1 Å². The van der Waals surface area contributed by atoms with Crippen LogP contribution < -0.4 is 5.73 Å². The maximum atomic E-state index is 12.3. The normalized spacial score (nSPS) is 11.4. The van der Waals surface area contributed by atoms with Crippen molar-refractivity contribution >= 4 is 32.8 Å². The number of aromatic carboxylic acids is 1. The lowest BCUT2D eigenvalue weighted by Crippen LogP contribution is -2.06. The van der Waals surface area contributed by atoms with E-state index in [1.807, 2.05) is 6.92 Å². The van der Waals surface area contributed by atoms with E-state index in [1.165, 1.54) is 17.5 Å². The van der Waals surface area contributed by atoms with Crippen molar-refractivity contribution in [3.8, 4) is 0 Å². The topological polar surface area (TPSA) is 97.5 Å². The van der Waals surface area contributed by atoms with E-state index >= 15 is 0 Å². The second-order valence-electron chi connectivity index (χ2n) is 3.96. The van der Waals surface area contributed by atoms with Crippen molar-refractivity contribution in [3.63, 3.8) is 0 Å². The smallest absolute Gasteiger partial charge is 0.348 e. The minimum atomic E-state index is -3.78. The second-order valence-corrected chi connectivity index (χ2v) is 6.76. The van der Waals surface area contributed by atoms with Crippen molar-refractivity contribution in [2.24, 2.45) is 0 Å². The number of anilines is 1. The number of carboxylic acid groups (broad SMARTS) is 1. The van der Waals surface area contributed by atoms with Crippen LogP contribution in [0.5, 0.6) is 0 Å². The van der Waals surface area contributed by atoms with Gasteiger partial charge in [0.05, 0.1) is 10.6 Å². The van der Waals surface area contributed by atoms with E-state index in [-0.39, 0.29) is 20.4 Å². The van der Waals surface area contributed by atoms with Crippen molar-refractivity contribution in [1.82, 2.24) is 0 Å². The molecule has 0 aliphatic heterocycles. The molecule has 1 aromatic heterocycles. The standard InChI is InChI=1S/C12H11NO4S2/c1-7-2-4-8(5-3-7)19(16,17)9-6-18-11(10(9)13)12(14)15/h2-6H,13H2,1H3,(H,14,15).